The summed E-state index contributed by atoms with van der Waals surface area (Å²) in [4.78, 5) is 14.8. The lowest BCUT2D eigenvalue weighted by Gasteiger charge is -2.24. The van der Waals surface area contributed by atoms with Gasteiger partial charge in [-0.3, -0.25) is 4.79 Å². The van der Waals surface area contributed by atoms with Crippen molar-refractivity contribution in [2.45, 2.75) is 25.7 Å². The van der Waals surface area contributed by atoms with Gasteiger partial charge in [0.2, 0.25) is 0 Å². The van der Waals surface area contributed by atoms with Gasteiger partial charge in [-0.25, -0.2) is 8.78 Å². The molecule has 2 N–H and O–H groups in total. The van der Waals surface area contributed by atoms with E-state index in [4.69, 9.17) is 15.2 Å². The van der Waals surface area contributed by atoms with Crippen LogP contribution in [0.2, 0.25) is 0 Å². The van der Waals surface area contributed by atoms with Gasteiger partial charge in [0.25, 0.3) is 5.91 Å². The summed E-state index contributed by atoms with van der Waals surface area (Å²) in [7, 11) is 1.57. The van der Waals surface area contributed by atoms with Gasteiger partial charge in [-0.1, -0.05) is 48.6 Å². The number of amides is 1. The lowest BCUT2D eigenvalue weighted by atomic mass is 10.1. The van der Waals surface area contributed by atoms with Crippen molar-refractivity contribution in [2.24, 2.45) is 5.73 Å². The number of hydrogen-bond donors (Lipinski definition) is 1. The second kappa shape index (κ2) is 13.4. The molecule has 0 bridgehead atoms. The molecule has 3 rings (SSSR count). The third kappa shape index (κ3) is 7.52. The molecular formula is C28H32F2N2O3. The van der Waals surface area contributed by atoms with Crippen molar-refractivity contribution in [3.05, 3.63) is 107 Å². The van der Waals surface area contributed by atoms with E-state index in [-0.39, 0.29) is 23.9 Å². The first kappa shape index (κ1) is 26.2. The summed E-state index contributed by atoms with van der Waals surface area (Å²) in [5, 5.41) is 0. The van der Waals surface area contributed by atoms with Crippen LogP contribution >= 0.6 is 0 Å². The van der Waals surface area contributed by atoms with Crippen molar-refractivity contribution >= 4 is 5.91 Å². The van der Waals surface area contributed by atoms with Gasteiger partial charge >= 0.3 is 0 Å². The Kier molecular flexibility index (Phi) is 10.0. The highest BCUT2D eigenvalue weighted by Crippen LogP contribution is 2.23. The van der Waals surface area contributed by atoms with E-state index in [9.17, 15) is 13.6 Å². The first-order chi connectivity index (χ1) is 17.0. The van der Waals surface area contributed by atoms with E-state index in [1.54, 1.807) is 48.4 Å². The topological polar surface area (TPSA) is 64.8 Å². The summed E-state index contributed by atoms with van der Waals surface area (Å²) in [6.45, 7) is 1.41. The van der Waals surface area contributed by atoms with Gasteiger partial charge in [-0.05, 0) is 48.7 Å². The average Bonchev–Trinajstić information content (AvgIpc) is 3.20. The number of carbonyl (C=O) groups is 1. The standard InChI is InChI=1S/C28H32F2N2O3/c1-34-26-14-12-21(13-15-27(26)35-19-16-22-8-5-6-10-24(22)29)20-32(18-7-17-31)28(33)23-9-3-2-4-11-25(23)30/h3-6,8-13,15H,2,7,14,16-20,31H2,1H3. The highest BCUT2D eigenvalue weighted by molar-refractivity contribution is 5.97. The van der Waals surface area contributed by atoms with Gasteiger partial charge in [0.15, 0.2) is 5.76 Å². The van der Waals surface area contributed by atoms with Gasteiger partial charge in [-0.15, -0.1) is 0 Å². The summed E-state index contributed by atoms with van der Waals surface area (Å²) < 4.78 is 39.8. The molecule has 1 aromatic rings. The van der Waals surface area contributed by atoms with Crippen LogP contribution in [0.5, 0.6) is 0 Å². The largest absolute Gasteiger partial charge is 0.497 e. The van der Waals surface area contributed by atoms with Crippen molar-refractivity contribution in [3.8, 4) is 0 Å². The lowest BCUT2D eigenvalue weighted by molar-refractivity contribution is -0.126. The van der Waals surface area contributed by atoms with E-state index >= 15 is 0 Å². The minimum absolute atomic E-state index is 0.0434. The van der Waals surface area contributed by atoms with E-state index in [0.717, 1.165) is 5.57 Å². The smallest absolute Gasteiger partial charge is 0.257 e. The van der Waals surface area contributed by atoms with Crippen molar-refractivity contribution in [1.82, 2.24) is 4.90 Å². The Morgan fingerprint density at radius 3 is 2.69 bits per heavy atom. The number of nitrogens with two attached hydrogens (primary N) is 1. The maximum Gasteiger partial charge on any atom is 0.257 e. The van der Waals surface area contributed by atoms with Crippen LogP contribution in [0.25, 0.3) is 0 Å². The van der Waals surface area contributed by atoms with Crippen LogP contribution in [0.15, 0.2) is 95.3 Å². The zero-order chi connectivity index (χ0) is 25.0. The van der Waals surface area contributed by atoms with E-state index in [1.165, 1.54) is 18.2 Å². The normalized spacial score (nSPS) is 15.6. The summed E-state index contributed by atoms with van der Waals surface area (Å²) in [5.41, 5.74) is 7.17. The number of halogens is 2. The predicted molar refractivity (Wildman–Crippen MR) is 133 cm³/mol. The van der Waals surface area contributed by atoms with Gasteiger partial charge in [-0.2, -0.15) is 0 Å². The maximum atomic E-state index is 14.5. The molecule has 1 aromatic carbocycles. The van der Waals surface area contributed by atoms with Crippen LogP contribution in [0.4, 0.5) is 8.78 Å². The molecule has 1 amide bonds. The molecule has 186 valence electrons. The maximum absolute atomic E-state index is 14.5. The van der Waals surface area contributed by atoms with Crippen LogP contribution in [0.1, 0.15) is 24.8 Å². The molecule has 0 heterocycles. The molecule has 0 saturated carbocycles. The average molecular weight is 483 g/mol. The summed E-state index contributed by atoms with van der Waals surface area (Å²) >= 11 is 0. The molecule has 0 spiro atoms. The fraction of sp³-hybridized carbons (Fsp3) is 0.321. The molecule has 35 heavy (non-hydrogen) atoms. The predicted octanol–water partition coefficient (Wildman–Crippen LogP) is 5.05. The monoisotopic (exact) mass is 482 g/mol. The van der Waals surface area contributed by atoms with Crippen LogP contribution in [0, 0.1) is 5.82 Å². The Bertz CT molecular complexity index is 1080. The Labute approximate surface area is 205 Å². The van der Waals surface area contributed by atoms with Gasteiger partial charge < -0.3 is 20.1 Å². The van der Waals surface area contributed by atoms with Crippen molar-refractivity contribution in [2.75, 3.05) is 33.4 Å². The second-order valence-electron chi connectivity index (χ2n) is 8.17. The number of allylic oxidation sites excluding steroid dienone is 6. The molecule has 2 aliphatic rings. The highest BCUT2D eigenvalue weighted by Gasteiger charge is 2.21. The molecule has 7 heteroatoms. The van der Waals surface area contributed by atoms with Crippen LogP contribution in [0.3, 0.4) is 0 Å². The highest BCUT2D eigenvalue weighted by atomic mass is 19.1. The number of rotatable bonds is 11. The van der Waals surface area contributed by atoms with Gasteiger partial charge in [0, 0.05) is 25.9 Å². The van der Waals surface area contributed by atoms with Crippen molar-refractivity contribution in [1.29, 1.82) is 0 Å². The molecule has 0 unspecified atom stereocenters. The molecule has 0 saturated heterocycles. The van der Waals surface area contributed by atoms with Crippen molar-refractivity contribution < 1.29 is 23.0 Å². The Balaban J connectivity index is 1.69. The molecule has 0 aromatic heterocycles. The fourth-order valence-electron chi connectivity index (χ4n) is 3.77. The zero-order valence-corrected chi connectivity index (χ0v) is 20.0. The first-order valence-corrected chi connectivity index (χ1v) is 11.8. The Hall–Kier alpha value is -3.45. The third-order valence-electron chi connectivity index (χ3n) is 5.71. The number of carbonyl (C=O) groups excluding carboxylic acids is 1. The summed E-state index contributed by atoms with van der Waals surface area (Å²) in [5.74, 6) is 0.0141. The van der Waals surface area contributed by atoms with Crippen LogP contribution in [-0.2, 0) is 20.7 Å². The fourth-order valence-corrected chi connectivity index (χ4v) is 3.77. The first-order valence-electron chi connectivity index (χ1n) is 11.8. The van der Waals surface area contributed by atoms with Crippen LogP contribution in [-0.4, -0.2) is 44.2 Å². The minimum Gasteiger partial charge on any atom is -0.497 e. The number of ether oxygens (including phenoxy) is 2. The zero-order valence-electron chi connectivity index (χ0n) is 20.0. The van der Waals surface area contributed by atoms with Crippen LogP contribution < -0.4 is 5.73 Å². The number of methoxy groups -OCH3 is 1. The van der Waals surface area contributed by atoms with E-state index in [1.807, 2.05) is 12.2 Å². The number of hydrogen-bond acceptors (Lipinski definition) is 4. The summed E-state index contributed by atoms with van der Waals surface area (Å²) in [6.07, 6.45) is 14.0. The molecule has 0 aliphatic heterocycles. The van der Waals surface area contributed by atoms with Crippen molar-refractivity contribution in [3.63, 3.8) is 0 Å². The third-order valence-corrected chi connectivity index (χ3v) is 5.71. The Morgan fingerprint density at radius 2 is 1.91 bits per heavy atom. The quantitative estimate of drug-likeness (QED) is 0.480. The molecule has 0 atom stereocenters. The van der Waals surface area contributed by atoms with Gasteiger partial charge in [0.1, 0.15) is 17.4 Å². The van der Waals surface area contributed by atoms with Gasteiger partial charge in [0.05, 0.1) is 19.3 Å². The Morgan fingerprint density at radius 1 is 1.11 bits per heavy atom. The molecule has 0 fully saturated rings. The van der Waals surface area contributed by atoms with E-state index < -0.39 is 5.83 Å². The molecule has 2 aliphatic carbocycles. The van der Waals surface area contributed by atoms with E-state index in [0.29, 0.717) is 62.4 Å². The molecular weight excluding hydrogens is 450 g/mol. The number of benzene rings is 1. The SMILES string of the molecule is COC1=C(OCCc2ccccc2F)C=CC(CN(CCCN)C(=O)C2=C(F)C=CCC=C2)=CC1. The number of nitrogens with zero attached hydrogens (tertiary/aromatic N) is 1. The second-order valence-corrected chi connectivity index (χ2v) is 8.17. The lowest BCUT2D eigenvalue weighted by Crippen LogP contribution is -2.35. The molecule has 0 radical (unpaired) electrons. The minimum atomic E-state index is -0.541. The van der Waals surface area contributed by atoms with E-state index in [2.05, 4.69) is 0 Å². The summed E-state index contributed by atoms with van der Waals surface area (Å²) in [6, 6.07) is 6.61. The molecule has 5 nitrogen and oxygen atoms in total.